The third-order valence-corrected chi connectivity index (χ3v) is 4.95. The molecule has 1 aliphatic heterocycles. The summed E-state index contributed by atoms with van der Waals surface area (Å²) in [5, 5.41) is 8.88. The Bertz CT molecular complexity index is 687. The number of fused-ring (bicyclic) bond motifs is 1. The number of ether oxygens (including phenoxy) is 1. The molecule has 24 heavy (non-hydrogen) atoms. The number of methoxy groups -OCH3 is 1. The zero-order chi connectivity index (χ0) is 16.8. The van der Waals surface area contributed by atoms with Crippen molar-refractivity contribution in [2.45, 2.75) is 19.3 Å². The summed E-state index contributed by atoms with van der Waals surface area (Å²) in [6.45, 7) is 3.37. The van der Waals surface area contributed by atoms with Crippen molar-refractivity contribution in [3.05, 3.63) is 48.0 Å². The molecular formula is C20H26N2O2. The van der Waals surface area contributed by atoms with Gasteiger partial charge < -0.3 is 15.4 Å². The first kappa shape index (κ1) is 16.9. The first-order chi connectivity index (χ1) is 11.7. The van der Waals surface area contributed by atoms with Crippen LogP contribution in [-0.4, -0.2) is 39.3 Å². The number of nitrogens with one attached hydrogen (secondary N) is 2. The van der Waals surface area contributed by atoms with Crippen LogP contribution in [0.5, 0.6) is 0 Å². The van der Waals surface area contributed by atoms with Gasteiger partial charge in [-0.05, 0) is 42.3 Å². The lowest BCUT2D eigenvalue weighted by Gasteiger charge is -2.37. The third-order valence-electron chi connectivity index (χ3n) is 4.95. The predicted octanol–water partition coefficient (Wildman–Crippen LogP) is 2.51. The number of rotatable bonds is 6. The standard InChI is InChI=1S/C20H26N2O2/c1-24-15-20(8-10-21-11-9-20)14-22-19(23)13-16-6-7-17-4-2-3-5-18(17)12-16/h2-7,12,21H,8-11,13-15H2,1H3,(H,22,23). The molecule has 3 rings (SSSR count). The van der Waals surface area contributed by atoms with E-state index >= 15 is 0 Å². The van der Waals surface area contributed by atoms with Crippen LogP contribution in [0.1, 0.15) is 18.4 Å². The number of carbonyl (C=O) groups is 1. The zero-order valence-electron chi connectivity index (χ0n) is 14.3. The van der Waals surface area contributed by atoms with E-state index in [1.165, 1.54) is 10.8 Å². The first-order valence-electron chi connectivity index (χ1n) is 8.65. The van der Waals surface area contributed by atoms with Gasteiger partial charge in [0.2, 0.25) is 5.91 Å². The van der Waals surface area contributed by atoms with Crippen molar-refractivity contribution in [1.29, 1.82) is 0 Å². The molecule has 2 N–H and O–H groups in total. The van der Waals surface area contributed by atoms with E-state index in [-0.39, 0.29) is 11.3 Å². The second-order valence-electron chi connectivity index (χ2n) is 6.82. The van der Waals surface area contributed by atoms with E-state index in [9.17, 15) is 4.79 Å². The molecule has 0 aromatic heterocycles. The number of hydrogen-bond donors (Lipinski definition) is 2. The van der Waals surface area contributed by atoms with Crippen molar-refractivity contribution in [3.63, 3.8) is 0 Å². The molecule has 1 fully saturated rings. The summed E-state index contributed by atoms with van der Waals surface area (Å²) in [6, 6.07) is 14.4. The quantitative estimate of drug-likeness (QED) is 0.857. The molecule has 128 valence electrons. The summed E-state index contributed by atoms with van der Waals surface area (Å²) in [4.78, 5) is 12.4. The average molecular weight is 326 g/mol. The molecule has 1 heterocycles. The minimum absolute atomic E-state index is 0.0685. The van der Waals surface area contributed by atoms with Crippen LogP contribution in [0.3, 0.4) is 0 Å². The Hall–Kier alpha value is -1.91. The van der Waals surface area contributed by atoms with E-state index in [0.717, 1.165) is 31.5 Å². The van der Waals surface area contributed by atoms with Crippen molar-refractivity contribution < 1.29 is 9.53 Å². The summed E-state index contributed by atoms with van der Waals surface area (Å²) in [5.74, 6) is 0.0827. The molecule has 2 aromatic rings. The Morgan fingerprint density at radius 1 is 1.17 bits per heavy atom. The molecule has 1 aliphatic rings. The van der Waals surface area contributed by atoms with Crippen molar-refractivity contribution in [2.24, 2.45) is 5.41 Å². The van der Waals surface area contributed by atoms with Crippen molar-refractivity contribution >= 4 is 16.7 Å². The Morgan fingerprint density at radius 3 is 2.67 bits per heavy atom. The minimum Gasteiger partial charge on any atom is -0.384 e. The molecule has 0 spiro atoms. The van der Waals surface area contributed by atoms with Gasteiger partial charge in [-0.15, -0.1) is 0 Å². The lowest BCUT2D eigenvalue weighted by atomic mass is 9.79. The maximum Gasteiger partial charge on any atom is 0.224 e. The second kappa shape index (κ2) is 7.77. The van der Waals surface area contributed by atoms with Crippen LogP contribution < -0.4 is 10.6 Å². The Morgan fingerprint density at radius 2 is 1.92 bits per heavy atom. The number of carbonyl (C=O) groups excluding carboxylic acids is 1. The van der Waals surface area contributed by atoms with Gasteiger partial charge in [-0.3, -0.25) is 4.79 Å². The highest BCUT2D eigenvalue weighted by molar-refractivity contribution is 5.85. The molecule has 0 radical (unpaired) electrons. The molecule has 0 bridgehead atoms. The van der Waals surface area contributed by atoms with Crippen LogP contribution in [0.4, 0.5) is 0 Å². The zero-order valence-corrected chi connectivity index (χ0v) is 14.3. The highest BCUT2D eigenvalue weighted by Crippen LogP contribution is 2.28. The second-order valence-corrected chi connectivity index (χ2v) is 6.82. The monoisotopic (exact) mass is 326 g/mol. The normalized spacial score (nSPS) is 16.9. The summed E-state index contributed by atoms with van der Waals surface area (Å²) in [7, 11) is 1.74. The van der Waals surface area contributed by atoms with Crippen molar-refractivity contribution in [2.75, 3.05) is 33.4 Å². The van der Waals surface area contributed by atoms with Gasteiger partial charge in [-0.1, -0.05) is 42.5 Å². The predicted molar refractivity (Wildman–Crippen MR) is 97.1 cm³/mol. The summed E-state index contributed by atoms with van der Waals surface area (Å²) in [6.07, 6.45) is 2.50. The van der Waals surface area contributed by atoms with Crippen molar-refractivity contribution in [3.8, 4) is 0 Å². The largest absolute Gasteiger partial charge is 0.384 e. The Balaban J connectivity index is 1.59. The first-order valence-corrected chi connectivity index (χ1v) is 8.65. The lowest BCUT2D eigenvalue weighted by Crippen LogP contribution is -2.47. The van der Waals surface area contributed by atoms with Crippen LogP contribution >= 0.6 is 0 Å². The molecule has 0 atom stereocenters. The summed E-state index contributed by atoms with van der Waals surface area (Å²) >= 11 is 0. The maximum absolute atomic E-state index is 12.4. The van der Waals surface area contributed by atoms with E-state index < -0.39 is 0 Å². The molecule has 0 unspecified atom stereocenters. The highest BCUT2D eigenvalue weighted by atomic mass is 16.5. The van der Waals surface area contributed by atoms with Crippen LogP contribution in [-0.2, 0) is 16.0 Å². The molecule has 0 aliphatic carbocycles. The van der Waals surface area contributed by atoms with Gasteiger partial charge in [0.1, 0.15) is 0 Å². The lowest BCUT2D eigenvalue weighted by molar-refractivity contribution is -0.121. The summed E-state index contributed by atoms with van der Waals surface area (Å²) < 4.78 is 5.40. The van der Waals surface area contributed by atoms with Crippen LogP contribution in [0.25, 0.3) is 10.8 Å². The highest BCUT2D eigenvalue weighted by Gasteiger charge is 2.32. The molecule has 1 amide bonds. The number of amides is 1. The smallest absolute Gasteiger partial charge is 0.224 e. The van der Waals surface area contributed by atoms with Gasteiger partial charge in [0.05, 0.1) is 13.0 Å². The number of hydrogen-bond acceptors (Lipinski definition) is 3. The van der Waals surface area contributed by atoms with Gasteiger partial charge in [0.25, 0.3) is 0 Å². The fourth-order valence-corrected chi connectivity index (χ4v) is 3.52. The van der Waals surface area contributed by atoms with Crippen LogP contribution in [0.2, 0.25) is 0 Å². The summed E-state index contributed by atoms with van der Waals surface area (Å²) in [5.41, 5.74) is 1.12. The van der Waals surface area contributed by atoms with Gasteiger partial charge in [0, 0.05) is 19.1 Å². The van der Waals surface area contributed by atoms with Gasteiger partial charge >= 0.3 is 0 Å². The van der Waals surface area contributed by atoms with E-state index in [2.05, 4.69) is 34.9 Å². The molecule has 4 nitrogen and oxygen atoms in total. The average Bonchev–Trinajstić information content (AvgIpc) is 2.61. The van der Waals surface area contributed by atoms with E-state index in [1.54, 1.807) is 7.11 Å². The minimum atomic E-state index is 0.0685. The Kier molecular flexibility index (Phi) is 5.48. The van der Waals surface area contributed by atoms with E-state index in [0.29, 0.717) is 19.6 Å². The molecule has 1 saturated heterocycles. The van der Waals surface area contributed by atoms with Crippen molar-refractivity contribution in [1.82, 2.24) is 10.6 Å². The van der Waals surface area contributed by atoms with E-state index in [1.807, 2.05) is 18.2 Å². The molecule has 2 aromatic carbocycles. The Labute approximate surface area is 143 Å². The molecular weight excluding hydrogens is 300 g/mol. The van der Waals surface area contributed by atoms with Crippen LogP contribution in [0, 0.1) is 5.41 Å². The van der Waals surface area contributed by atoms with Crippen LogP contribution in [0.15, 0.2) is 42.5 Å². The maximum atomic E-state index is 12.4. The van der Waals surface area contributed by atoms with Gasteiger partial charge in [-0.25, -0.2) is 0 Å². The molecule has 4 heteroatoms. The number of piperidine rings is 1. The van der Waals surface area contributed by atoms with E-state index in [4.69, 9.17) is 4.74 Å². The van der Waals surface area contributed by atoms with Gasteiger partial charge in [-0.2, -0.15) is 0 Å². The number of benzene rings is 2. The fourth-order valence-electron chi connectivity index (χ4n) is 3.52. The molecule has 0 saturated carbocycles. The third kappa shape index (κ3) is 4.13. The fraction of sp³-hybridized carbons (Fsp3) is 0.450. The van der Waals surface area contributed by atoms with Gasteiger partial charge in [0.15, 0.2) is 0 Å². The SMILES string of the molecule is COCC1(CNC(=O)Cc2ccc3ccccc3c2)CCNCC1. The topological polar surface area (TPSA) is 50.4 Å².